The Labute approximate surface area is 223 Å². The highest BCUT2D eigenvalue weighted by Gasteiger charge is 2.29. The van der Waals surface area contributed by atoms with E-state index >= 15 is 0 Å². The molecule has 0 heterocycles. The van der Waals surface area contributed by atoms with Crippen molar-refractivity contribution >= 4 is 50.7 Å². The quantitative estimate of drug-likeness (QED) is 0.391. The second-order valence-corrected chi connectivity index (χ2v) is 10.9. The van der Waals surface area contributed by atoms with Gasteiger partial charge in [0.25, 0.3) is 0 Å². The molecule has 2 rings (SSSR count). The third-order valence-corrected chi connectivity index (χ3v) is 7.34. The number of nitrogens with zero attached hydrogens (tertiary/aromatic N) is 2. The molecule has 0 aliphatic rings. The molecule has 2 amide bonds. The monoisotopic (exact) mass is 557 g/mol. The lowest BCUT2D eigenvalue weighted by atomic mass is 10.1. The number of hydrogen-bond donors (Lipinski definition) is 1. The average Bonchev–Trinajstić information content (AvgIpc) is 2.82. The summed E-state index contributed by atoms with van der Waals surface area (Å²) in [6.45, 7) is 4.20. The van der Waals surface area contributed by atoms with Crippen molar-refractivity contribution in [2.24, 2.45) is 0 Å². The standard InChI is InChI=1S/C25H33Cl2N3O5S/c1-5-21(25(32)28-3)29(17-18-13-14-19(26)16-20(18)27)24(31)12-9-15-30(36(4,33)34)22-10-7-8-11-23(22)35-6-2/h7-8,10-11,13-14,16,21H,5-6,9,12,15,17H2,1-4H3,(H,28,32)/t21-/m1/s1. The molecule has 0 aliphatic heterocycles. The minimum Gasteiger partial charge on any atom is -0.492 e. The molecule has 198 valence electrons. The van der Waals surface area contributed by atoms with E-state index in [9.17, 15) is 18.0 Å². The van der Waals surface area contributed by atoms with Gasteiger partial charge in [-0.3, -0.25) is 13.9 Å². The zero-order valence-electron chi connectivity index (χ0n) is 21.0. The van der Waals surface area contributed by atoms with Crippen LogP contribution in [0, 0.1) is 0 Å². The number of rotatable bonds is 13. The molecule has 2 aromatic rings. The summed E-state index contributed by atoms with van der Waals surface area (Å²) in [7, 11) is -2.12. The molecule has 1 atom stereocenters. The first-order valence-electron chi connectivity index (χ1n) is 11.7. The highest BCUT2D eigenvalue weighted by molar-refractivity contribution is 7.92. The molecule has 11 heteroatoms. The van der Waals surface area contributed by atoms with E-state index < -0.39 is 16.1 Å². The van der Waals surface area contributed by atoms with Crippen molar-refractivity contribution in [2.75, 3.05) is 30.8 Å². The van der Waals surface area contributed by atoms with Crippen LogP contribution in [0.4, 0.5) is 5.69 Å². The van der Waals surface area contributed by atoms with Crippen LogP contribution in [-0.4, -0.2) is 57.6 Å². The summed E-state index contributed by atoms with van der Waals surface area (Å²) < 4.78 is 32.0. The van der Waals surface area contributed by atoms with Gasteiger partial charge in [0.15, 0.2) is 0 Å². The number of benzene rings is 2. The fourth-order valence-corrected chi connectivity index (χ4v) is 5.28. The number of likely N-dealkylation sites (N-methyl/N-ethyl adjacent to an activating group) is 1. The van der Waals surface area contributed by atoms with Crippen molar-refractivity contribution in [1.29, 1.82) is 0 Å². The highest BCUT2D eigenvalue weighted by Crippen LogP contribution is 2.30. The fraction of sp³-hybridized carbons (Fsp3) is 0.440. The molecule has 0 bridgehead atoms. The number of para-hydroxylation sites is 2. The molecular formula is C25H33Cl2N3O5S. The van der Waals surface area contributed by atoms with Gasteiger partial charge in [-0.25, -0.2) is 8.42 Å². The zero-order chi connectivity index (χ0) is 26.9. The second-order valence-electron chi connectivity index (χ2n) is 8.14. The molecule has 0 radical (unpaired) electrons. The van der Waals surface area contributed by atoms with Crippen LogP contribution in [0.5, 0.6) is 5.75 Å². The second kappa shape index (κ2) is 13.7. The molecular weight excluding hydrogens is 525 g/mol. The third kappa shape index (κ3) is 8.01. The van der Waals surface area contributed by atoms with Crippen molar-refractivity contribution in [3.05, 3.63) is 58.1 Å². The molecule has 0 aliphatic carbocycles. The van der Waals surface area contributed by atoms with Crippen molar-refractivity contribution in [2.45, 2.75) is 45.7 Å². The molecule has 0 spiro atoms. The molecule has 0 unspecified atom stereocenters. The van der Waals surface area contributed by atoms with Crippen LogP contribution in [0.25, 0.3) is 0 Å². The van der Waals surface area contributed by atoms with Crippen LogP contribution >= 0.6 is 23.2 Å². The number of sulfonamides is 1. The minimum atomic E-state index is -3.64. The topological polar surface area (TPSA) is 96.0 Å². The number of ether oxygens (including phenoxy) is 1. The summed E-state index contributed by atoms with van der Waals surface area (Å²) in [6.07, 6.45) is 1.78. The summed E-state index contributed by atoms with van der Waals surface area (Å²) in [4.78, 5) is 27.4. The Morgan fingerprint density at radius 1 is 1.11 bits per heavy atom. The predicted molar refractivity (Wildman–Crippen MR) is 144 cm³/mol. The van der Waals surface area contributed by atoms with Crippen LogP contribution in [0.1, 0.15) is 38.7 Å². The Kier molecular flexibility index (Phi) is 11.3. The van der Waals surface area contributed by atoms with Crippen molar-refractivity contribution in [3.8, 4) is 5.75 Å². The van der Waals surface area contributed by atoms with E-state index in [-0.39, 0.29) is 37.7 Å². The van der Waals surface area contributed by atoms with E-state index in [1.54, 1.807) is 42.5 Å². The molecule has 0 fully saturated rings. The van der Waals surface area contributed by atoms with Crippen LogP contribution < -0.4 is 14.4 Å². The number of carbonyl (C=O) groups excluding carboxylic acids is 2. The first-order chi connectivity index (χ1) is 17.0. The molecule has 2 aromatic carbocycles. The highest BCUT2D eigenvalue weighted by atomic mass is 35.5. The summed E-state index contributed by atoms with van der Waals surface area (Å²) in [6, 6.07) is 11.1. The Morgan fingerprint density at radius 2 is 1.81 bits per heavy atom. The van der Waals surface area contributed by atoms with Gasteiger partial charge in [-0.15, -0.1) is 0 Å². The number of anilines is 1. The number of amides is 2. The van der Waals surface area contributed by atoms with Crippen LogP contribution in [0.3, 0.4) is 0 Å². The van der Waals surface area contributed by atoms with E-state index in [0.717, 1.165) is 6.26 Å². The molecule has 1 N–H and O–H groups in total. The Hall–Kier alpha value is -2.49. The van der Waals surface area contributed by atoms with E-state index in [0.29, 0.717) is 40.1 Å². The van der Waals surface area contributed by atoms with E-state index in [1.807, 2.05) is 13.8 Å². The van der Waals surface area contributed by atoms with Crippen molar-refractivity contribution < 1.29 is 22.7 Å². The average molecular weight is 559 g/mol. The van der Waals surface area contributed by atoms with Gasteiger partial charge in [-0.1, -0.05) is 48.3 Å². The number of nitrogens with one attached hydrogen (secondary N) is 1. The first-order valence-corrected chi connectivity index (χ1v) is 14.3. The van der Waals surface area contributed by atoms with Gasteiger partial charge in [-0.2, -0.15) is 0 Å². The van der Waals surface area contributed by atoms with Crippen LogP contribution in [0.15, 0.2) is 42.5 Å². The van der Waals surface area contributed by atoms with Gasteiger partial charge in [0, 0.05) is 36.6 Å². The lowest BCUT2D eigenvalue weighted by Gasteiger charge is -2.31. The molecule has 8 nitrogen and oxygen atoms in total. The lowest BCUT2D eigenvalue weighted by Crippen LogP contribution is -2.48. The maximum Gasteiger partial charge on any atom is 0.242 e. The third-order valence-electron chi connectivity index (χ3n) is 5.57. The van der Waals surface area contributed by atoms with Gasteiger partial charge in [0.1, 0.15) is 11.8 Å². The largest absolute Gasteiger partial charge is 0.492 e. The Morgan fingerprint density at radius 3 is 2.39 bits per heavy atom. The van der Waals surface area contributed by atoms with Gasteiger partial charge in [0.05, 0.1) is 18.6 Å². The predicted octanol–water partition coefficient (Wildman–Crippen LogP) is 4.49. The molecule has 0 saturated heterocycles. The Bertz CT molecular complexity index is 1160. The summed E-state index contributed by atoms with van der Waals surface area (Å²) in [5.74, 6) is -0.135. The minimum absolute atomic E-state index is 0.0293. The van der Waals surface area contributed by atoms with Crippen LogP contribution in [-0.2, 0) is 26.2 Å². The van der Waals surface area contributed by atoms with Gasteiger partial charge in [0.2, 0.25) is 21.8 Å². The van der Waals surface area contributed by atoms with E-state index in [2.05, 4.69) is 5.32 Å². The number of hydrogen-bond acceptors (Lipinski definition) is 5. The lowest BCUT2D eigenvalue weighted by molar-refractivity contribution is -0.141. The van der Waals surface area contributed by atoms with Crippen LogP contribution in [0.2, 0.25) is 10.0 Å². The maximum absolute atomic E-state index is 13.4. The first kappa shape index (κ1) is 29.7. The van der Waals surface area contributed by atoms with Gasteiger partial charge in [-0.05, 0) is 49.6 Å². The zero-order valence-corrected chi connectivity index (χ0v) is 23.3. The molecule has 0 saturated carbocycles. The molecule has 0 aromatic heterocycles. The Balaban J connectivity index is 2.26. The number of halogens is 2. The smallest absolute Gasteiger partial charge is 0.242 e. The maximum atomic E-state index is 13.4. The van der Waals surface area contributed by atoms with E-state index in [4.69, 9.17) is 27.9 Å². The van der Waals surface area contributed by atoms with Crippen molar-refractivity contribution in [1.82, 2.24) is 10.2 Å². The summed E-state index contributed by atoms with van der Waals surface area (Å²) in [5, 5.41) is 3.46. The normalized spacial score (nSPS) is 12.1. The SMILES string of the molecule is CCOc1ccccc1N(CCCC(=O)N(Cc1ccc(Cl)cc1Cl)[C@H](CC)C(=O)NC)S(C)(=O)=O. The van der Waals surface area contributed by atoms with Crippen molar-refractivity contribution in [3.63, 3.8) is 0 Å². The van der Waals surface area contributed by atoms with E-state index in [1.165, 1.54) is 16.3 Å². The van der Waals surface area contributed by atoms with Gasteiger partial charge >= 0.3 is 0 Å². The summed E-state index contributed by atoms with van der Waals surface area (Å²) in [5.41, 5.74) is 1.07. The summed E-state index contributed by atoms with van der Waals surface area (Å²) >= 11 is 12.3. The number of carbonyl (C=O) groups is 2. The fourth-order valence-electron chi connectivity index (χ4n) is 3.84. The van der Waals surface area contributed by atoms with Gasteiger partial charge < -0.3 is 15.0 Å². The molecule has 36 heavy (non-hydrogen) atoms.